The van der Waals surface area contributed by atoms with E-state index >= 15 is 0 Å². The van der Waals surface area contributed by atoms with Crippen LogP contribution in [-0.2, 0) is 5.41 Å². The predicted octanol–water partition coefficient (Wildman–Crippen LogP) is 17.1. The zero-order chi connectivity index (χ0) is 44.3. The Kier molecular flexibility index (Phi) is 9.15. The summed E-state index contributed by atoms with van der Waals surface area (Å²) in [6.45, 7) is 0. The van der Waals surface area contributed by atoms with Crippen LogP contribution in [0.4, 0.5) is 0 Å². The number of pyridine rings is 1. The van der Waals surface area contributed by atoms with E-state index in [1.165, 1.54) is 77.9 Å². The zero-order valence-electron chi connectivity index (χ0n) is 36.8. The molecule has 1 aromatic heterocycles. The lowest BCUT2D eigenvalue weighted by Crippen LogP contribution is -2.25. The SMILES string of the molecule is c1ccc(-c2cccc(-c3cc(-c4ccccc4)nc(-c4cccc(-c5cccc(-c6cc7c(cc6-c6ccccc6)-c6ccccc6C76c7ccccc7-c7ccccc76)c5)c4)c3)c2)cc1. The molecule has 0 atom stereocenters. The summed E-state index contributed by atoms with van der Waals surface area (Å²) in [6, 6.07) is 95.6. The number of hydrogen-bond donors (Lipinski definition) is 0. The minimum Gasteiger partial charge on any atom is -0.248 e. The number of fused-ring (bicyclic) bond motifs is 10. The Morgan fingerprint density at radius 3 is 1.15 bits per heavy atom. The van der Waals surface area contributed by atoms with E-state index < -0.39 is 5.41 Å². The standard InChI is InChI=1S/C66H43N/c1-4-19-44(20-5-1)47-25-16-28-50(37-47)53-40-64(46-23-8-3-9-24-46)67-65(41-53)52-30-18-27-49(39-52)48-26-17-29-51(38-48)58-43-63-59(42-57(58)45-21-6-2-7-22-45)56-33-12-15-36-62(56)66(63)60-34-13-10-31-54(60)55-32-11-14-35-61(55)66/h1-43H. The second kappa shape index (κ2) is 15.8. The lowest BCUT2D eigenvalue weighted by molar-refractivity contribution is 0.794. The molecule has 67 heavy (non-hydrogen) atoms. The van der Waals surface area contributed by atoms with E-state index in [1.807, 2.05) is 0 Å². The van der Waals surface area contributed by atoms with Gasteiger partial charge in [0.1, 0.15) is 0 Å². The van der Waals surface area contributed by atoms with Gasteiger partial charge < -0.3 is 0 Å². The largest absolute Gasteiger partial charge is 0.248 e. The summed E-state index contributed by atoms with van der Waals surface area (Å²) in [5.74, 6) is 0. The van der Waals surface area contributed by atoms with Gasteiger partial charge in [0.05, 0.1) is 16.8 Å². The molecule has 0 N–H and O–H groups in total. The van der Waals surface area contributed by atoms with Gasteiger partial charge >= 0.3 is 0 Å². The molecule has 2 aliphatic carbocycles. The first-order chi connectivity index (χ1) is 33.2. The van der Waals surface area contributed by atoms with E-state index in [4.69, 9.17) is 4.98 Å². The van der Waals surface area contributed by atoms with E-state index in [1.54, 1.807) is 0 Å². The van der Waals surface area contributed by atoms with Crippen molar-refractivity contribution in [2.75, 3.05) is 0 Å². The fourth-order valence-corrected chi connectivity index (χ4v) is 11.1. The van der Waals surface area contributed by atoms with Crippen LogP contribution in [0.25, 0.3) is 100 Å². The molecule has 2 aliphatic rings. The molecule has 0 unspecified atom stereocenters. The quantitative estimate of drug-likeness (QED) is 0.156. The van der Waals surface area contributed by atoms with Crippen molar-refractivity contribution in [1.82, 2.24) is 4.98 Å². The Bertz CT molecular complexity index is 3630. The maximum Gasteiger partial charge on any atom is 0.0725 e. The fraction of sp³-hybridized carbons (Fsp3) is 0.0152. The molecule has 1 nitrogen and oxygen atoms in total. The van der Waals surface area contributed by atoms with Crippen LogP contribution in [0.5, 0.6) is 0 Å². The highest BCUT2D eigenvalue weighted by molar-refractivity contribution is 5.99. The molecule has 0 radical (unpaired) electrons. The maximum absolute atomic E-state index is 5.34. The number of benzene rings is 10. The summed E-state index contributed by atoms with van der Waals surface area (Å²) < 4.78 is 0. The van der Waals surface area contributed by atoms with Crippen molar-refractivity contribution in [3.63, 3.8) is 0 Å². The highest BCUT2D eigenvalue weighted by Crippen LogP contribution is 2.63. The molecule has 0 saturated heterocycles. The first-order valence-electron chi connectivity index (χ1n) is 23.2. The van der Waals surface area contributed by atoms with Gasteiger partial charge in [-0.25, -0.2) is 4.98 Å². The summed E-state index contributed by atoms with van der Waals surface area (Å²) >= 11 is 0. The topological polar surface area (TPSA) is 12.9 Å². The van der Waals surface area contributed by atoms with Crippen LogP contribution >= 0.6 is 0 Å². The zero-order valence-corrected chi connectivity index (χ0v) is 36.8. The first kappa shape index (κ1) is 38.8. The molecule has 0 fully saturated rings. The summed E-state index contributed by atoms with van der Waals surface area (Å²) in [5.41, 5.74) is 26.0. The molecule has 11 aromatic rings. The Hall–Kier alpha value is -8.65. The van der Waals surface area contributed by atoms with Crippen molar-refractivity contribution < 1.29 is 0 Å². The van der Waals surface area contributed by atoms with Crippen molar-refractivity contribution in [3.05, 3.63) is 283 Å². The minimum absolute atomic E-state index is 0.433. The summed E-state index contributed by atoms with van der Waals surface area (Å²) in [7, 11) is 0. The molecule has 0 bridgehead atoms. The number of nitrogens with zero attached hydrogens (tertiary/aromatic N) is 1. The molecule has 1 heteroatoms. The summed E-state index contributed by atoms with van der Waals surface area (Å²) in [4.78, 5) is 5.34. The maximum atomic E-state index is 5.34. The minimum atomic E-state index is -0.433. The highest BCUT2D eigenvalue weighted by Gasteiger charge is 2.51. The van der Waals surface area contributed by atoms with Gasteiger partial charge in [-0.2, -0.15) is 0 Å². The van der Waals surface area contributed by atoms with Crippen LogP contribution in [0.2, 0.25) is 0 Å². The van der Waals surface area contributed by atoms with E-state index in [0.717, 1.165) is 44.8 Å². The van der Waals surface area contributed by atoms with Gasteiger partial charge in [0.25, 0.3) is 0 Å². The molecular weight excluding hydrogens is 807 g/mol. The third-order valence-corrected chi connectivity index (χ3v) is 14.1. The predicted molar refractivity (Wildman–Crippen MR) is 279 cm³/mol. The van der Waals surface area contributed by atoms with Crippen molar-refractivity contribution in [2.45, 2.75) is 5.41 Å². The van der Waals surface area contributed by atoms with Gasteiger partial charge in [-0.1, -0.05) is 218 Å². The van der Waals surface area contributed by atoms with Gasteiger partial charge in [-0.15, -0.1) is 0 Å². The van der Waals surface area contributed by atoms with E-state index in [0.29, 0.717) is 0 Å². The average molecular weight is 850 g/mol. The molecule has 0 amide bonds. The van der Waals surface area contributed by atoms with Crippen LogP contribution in [0.15, 0.2) is 261 Å². The molecule has 13 rings (SSSR count). The molecular formula is C66H43N. The molecule has 312 valence electrons. The Morgan fingerprint density at radius 2 is 0.567 bits per heavy atom. The second-order valence-corrected chi connectivity index (χ2v) is 17.8. The van der Waals surface area contributed by atoms with Crippen molar-refractivity contribution >= 4 is 0 Å². The Balaban J connectivity index is 0.963. The molecule has 0 saturated carbocycles. The van der Waals surface area contributed by atoms with Crippen LogP contribution in [0.1, 0.15) is 22.3 Å². The second-order valence-electron chi connectivity index (χ2n) is 17.8. The normalized spacial score (nSPS) is 12.6. The van der Waals surface area contributed by atoms with Crippen LogP contribution in [0, 0.1) is 0 Å². The van der Waals surface area contributed by atoms with Gasteiger partial charge in [-0.05, 0) is 143 Å². The van der Waals surface area contributed by atoms with E-state index in [2.05, 4.69) is 261 Å². The summed E-state index contributed by atoms with van der Waals surface area (Å²) in [6.07, 6.45) is 0. The fourth-order valence-electron chi connectivity index (χ4n) is 11.1. The number of hydrogen-bond acceptors (Lipinski definition) is 1. The monoisotopic (exact) mass is 849 g/mol. The van der Waals surface area contributed by atoms with Gasteiger partial charge in [-0.3, -0.25) is 0 Å². The molecule has 10 aromatic carbocycles. The van der Waals surface area contributed by atoms with E-state index in [-0.39, 0.29) is 0 Å². The van der Waals surface area contributed by atoms with Crippen LogP contribution < -0.4 is 0 Å². The average Bonchev–Trinajstić information content (AvgIpc) is 3.88. The van der Waals surface area contributed by atoms with Crippen molar-refractivity contribution in [1.29, 1.82) is 0 Å². The number of aromatic nitrogens is 1. The lowest BCUT2D eigenvalue weighted by atomic mass is 9.70. The third kappa shape index (κ3) is 6.35. The van der Waals surface area contributed by atoms with E-state index in [9.17, 15) is 0 Å². The van der Waals surface area contributed by atoms with Crippen molar-refractivity contribution in [2.24, 2.45) is 0 Å². The third-order valence-electron chi connectivity index (χ3n) is 14.1. The van der Waals surface area contributed by atoms with Crippen LogP contribution in [0.3, 0.4) is 0 Å². The number of rotatable bonds is 7. The Morgan fingerprint density at radius 1 is 0.194 bits per heavy atom. The molecule has 1 spiro atoms. The molecule has 1 heterocycles. The molecule has 0 aliphatic heterocycles. The van der Waals surface area contributed by atoms with Gasteiger partial charge in [0.2, 0.25) is 0 Å². The Labute approximate surface area is 392 Å². The van der Waals surface area contributed by atoms with Crippen molar-refractivity contribution in [3.8, 4) is 100 Å². The smallest absolute Gasteiger partial charge is 0.0725 e. The first-order valence-corrected chi connectivity index (χ1v) is 23.2. The van der Waals surface area contributed by atoms with Gasteiger partial charge in [0, 0.05) is 11.1 Å². The lowest BCUT2D eigenvalue weighted by Gasteiger charge is -2.31. The highest BCUT2D eigenvalue weighted by atomic mass is 14.7. The summed E-state index contributed by atoms with van der Waals surface area (Å²) in [5, 5.41) is 0. The van der Waals surface area contributed by atoms with Gasteiger partial charge in [0.15, 0.2) is 0 Å². The van der Waals surface area contributed by atoms with Crippen LogP contribution in [-0.4, -0.2) is 4.98 Å².